The molecule has 0 radical (unpaired) electrons. The highest BCUT2D eigenvalue weighted by atomic mass is 35.5. The number of hydrogen-bond donors (Lipinski definition) is 4. The summed E-state index contributed by atoms with van der Waals surface area (Å²) in [6, 6.07) is 10.9. The fourth-order valence-corrected chi connectivity index (χ4v) is 8.85. The highest BCUT2D eigenvalue weighted by Crippen LogP contribution is 2.38. The normalized spacial score (nSPS) is 15.9. The van der Waals surface area contributed by atoms with E-state index in [-0.39, 0.29) is 74.2 Å². The Bertz CT molecular complexity index is 2620. The Morgan fingerprint density at radius 1 is 1.13 bits per heavy atom. The molecule has 0 saturated carbocycles. The minimum atomic E-state index is -3.65. The minimum absolute atomic E-state index is 0.0223. The first-order chi connectivity index (χ1) is 32.3. The van der Waals surface area contributed by atoms with Gasteiger partial charge in [0.05, 0.1) is 58.8 Å². The molecule has 4 aromatic rings. The van der Waals surface area contributed by atoms with Crippen molar-refractivity contribution in [2.24, 2.45) is 5.73 Å². The van der Waals surface area contributed by atoms with Crippen molar-refractivity contribution in [3.05, 3.63) is 92.0 Å². The first kappa shape index (κ1) is 62.3. The fraction of sp³-hybridized carbons (Fsp3) is 0.500. The van der Waals surface area contributed by atoms with Gasteiger partial charge in [0.25, 0.3) is 5.91 Å². The topological polar surface area (TPSA) is 259 Å². The number of hydrogen-bond acceptors (Lipinski definition) is 12. The fourth-order valence-electron chi connectivity index (χ4n) is 6.59. The number of furan rings is 1. The van der Waals surface area contributed by atoms with Gasteiger partial charge in [0.15, 0.2) is 12.2 Å². The number of alkyl halides is 5. The zero-order valence-corrected chi connectivity index (χ0v) is 45.0. The van der Waals surface area contributed by atoms with Crippen molar-refractivity contribution < 1.29 is 60.0 Å². The predicted molar refractivity (Wildman–Crippen MR) is 267 cm³/mol. The van der Waals surface area contributed by atoms with E-state index in [2.05, 4.69) is 22.8 Å². The van der Waals surface area contributed by atoms with Gasteiger partial charge in [-0.05, 0) is 82.9 Å². The van der Waals surface area contributed by atoms with Gasteiger partial charge in [-0.2, -0.15) is 13.5 Å². The van der Waals surface area contributed by atoms with Crippen LogP contribution in [0.3, 0.4) is 0 Å². The molecule has 1 fully saturated rings. The molecule has 4 unspecified atom stereocenters. The highest BCUT2D eigenvalue weighted by Gasteiger charge is 2.45. The molecule has 3 heterocycles. The third kappa shape index (κ3) is 18.4. The van der Waals surface area contributed by atoms with Gasteiger partial charge in [-0.25, -0.2) is 17.8 Å². The molecule has 28 heteroatoms. The van der Waals surface area contributed by atoms with E-state index in [0.29, 0.717) is 23.6 Å². The number of sulfonamides is 1. The quantitative estimate of drug-likeness (QED) is 0.0613. The summed E-state index contributed by atoms with van der Waals surface area (Å²) in [7, 11) is -5.11. The molecular weight excluding hydrogens is 1070 g/mol. The average Bonchev–Trinajstić information content (AvgIpc) is 3.98. The summed E-state index contributed by atoms with van der Waals surface area (Å²) in [6.07, 6.45) is 3.07. The lowest BCUT2D eigenvalue weighted by Crippen LogP contribution is -2.45. The molecule has 19 nitrogen and oxygen atoms in total. The first-order valence-electron chi connectivity index (χ1n) is 20.8. The second-order valence-electron chi connectivity index (χ2n) is 16.0. The number of ether oxygens (including phenoxy) is 2. The van der Waals surface area contributed by atoms with Crippen molar-refractivity contribution >= 4 is 105 Å². The number of amides is 2. The number of nitrogens with two attached hydrogens (primary N) is 1. The lowest BCUT2D eigenvalue weighted by atomic mass is 10.0. The Balaban J connectivity index is 0.000000330. The molecule has 1 aliphatic rings. The first-order valence-corrected chi connectivity index (χ1v) is 27.1. The predicted octanol–water partition coefficient (Wildman–Crippen LogP) is 7.99. The number of rotatable bonds is 16. The van der Waals surface area contributed by atoms with Crippen LogP contribution in [0.5, 0.6) is 0 Å². The SMILES string of the molecule is CC1(C)OC(c2ccco2)CN1C(=O)C(Cl)Cl.CCc1cccc(C)c1N(C(=O)CCl)C(C)COC.CP(=O)(O)CCC(N)C(=O)O.Cc1nn(-c2cc(NS(C)(=O)=O)c(Cl)cc2Cl)c(=O)n1C(F)F. The Hall–Kier alpha value is -3.80. The Labute approximate surface area is 429 Å². The van der Waals surface area contributed by atoms with Crippen LogP contribution in [0.1, 0.15) is 69.5 Å². The largest absolute Gasteiger partial charge is 0.480 e. The molecule has 5 rings (SSSR count). The number of methoxy groups -OCH3 is 1. The number of para-hydroxylation sites is 1. The summed E-state index contributed by atoms with van der Waals surface area (Å²) >= 11 is 28.8. The molecule has 0 spiro atoms. The summed E-state index contributed by atoms with van der Waals surface area (Å²) < 4.78 is 78.1. The van der Waals surface area contributed by atoms with Gasteiger partial charge >= 0.3 is 18.2 Å². The molecule has 1 aliphatic heterocycles. The molecule has 2 amide bonds. The minimum Gasteiger partial charge on any atom is -0.480 e. The second-order valence-corrected chi connectivity index (χ2v) is 22.5. The van der Waals surface area contributed by atoms with E-state index in [0.717, 1.165) is 35.6 Å². The number of carbonyl (C=O) groups is 3. The molecule has 1 saturated heterocycles. The number of aliphatic carboxylic acids is 1. The monoisotopic (exact) mass is 1130 g/mol. The highest BCUT2D eigenvalue weighted by molar-refractivity contribution is 7.92. The summed E-state index contributed by atoms with van der Waals surface area (Å²) in [5.74, 6) is -1.14. The molecule has 70 heavy (non-hydrogen) atoms. The van der Waals surface area contributed by atoms with E-state index in [1.165, 1.54) is 24.6 Å². The molecule has 0 aliphatic carbocycles. The van der Waals surface area contributed by atoms with Gasteiger partial charge in [-0.1, -0.05) is 71.5 Å². The van der Waals surface area contributed by atoms with Gasteiger partial charge in [-0.3, -0.25) is 23.7 Å². The lowest BCUT2D eigenvalue weighted by molar-refractivity contribution is -0.144. The van der Waals surface area contributed by atoms with E-state index in [1.807, 2.05) is 32.0 Å². The lowest BCUT2D eigenvalue weighted by Gasteiger charge is -2.31. The molecule has 4 atom stereocenters. The summed E-state index contributed by atoms with van der Waals surface area (Å²) in [4.78, 5) is 57.1. The summed E-state index contributed by atoms with van der Waals surface area (Å²) in [6.45, 7) is 9.87. The van der Waals surface area contributed by atoms with E-state index >= 15 is 0 Å². The van der Waals surface area contributed by atoms with Crippen LogP contribution in [0.2, 0.25) is 10.0 Å². The van der Waals surface area contributed by atoms with Gasteiger partial charge in [0.2, 0.25) is 15.9 Å². The van der Waals surface area contributed by atoms with Crippen LogP contribution in [-0.2, 0) is 44.9 Å². The van der Waals surface area contributed by atoms with Crippen molar-refractivity contribution in [2.45, 2.75) is 89.7 Å². The third-order valence-corrected chi connectivity index (χ3v) is 12.7. The number of halogens is 7. The molecule has 0 bridgehead atoms. The number of carbonyl (C=O) groups excluding carboxylic acids is 2. The molecule has 2 aromatic carbocycles. The number of aromatic nitrogens is 3. The van der Waals surface area contributed by atoms with E-state index in [4.69, 9.17) is 87.6 Å². The van der Waals surface area contributed by atoms with Crippen LogP contribution in [0.15, 0.2) is 57.9 Å². The van der Waals surface area contributed by atoms with Gasteiger partial charge < -0.3 is 39.4 Å². The standard InChI is InChI=1S/C15H22ClNO2.C11H10Cl2F2N4O3S.C11H13Cl2NO3.C5H12NO4P/c1-5-13-8-6-7-11(2)15(13)17(14(18)9-16)12(3)10-19-4;1-5-16-19(11(20)18(5)10(14)15)9-4-8(17-23(2,21)22)6(12)3-7(9)13;1-11(2)14(10(15)9(12)13)6-8(17-11)7-4-3-5-16-7;1-11(9,10)3-2-4(6)5(7)8/h6-8,12H,5,9-10H2,1-4H3;3-4,10,17H,1-2H3;3-5,8-9H,6H2,1-2H3;4H,2-3,6H2,1H3,(H,7,8)(H,9,10). The van der Waals surface area contributed by atoms with Crippen molar-refractivity contribution in [2.75, 3.05) is 54.8 Å². The van der Waals surface area contributed by atoms with Crippen molar-refractivity contribution in [3.8, 4) is 5.69 Å². The zero-order valence-electron chi connectivity index (χ0n) is 39.5. The molecule has 2 aromatic heterocycles. The van der Waals surface area contributed by atoms with Crippen LogP contribution < -0.4 is 21.0 Å². The molecule has 392 valence electrons. The summed E-state index contributed by atoms with van der Waals surface area (Å²) in [5.41, 5.74) is 6.29. The molecule has 5 N–H and O–H groups in total. The number of carboxylic acid groups (broad SMARTS) is 1. The van der Waals surface area contributed by atoms with Crippen LogP contribution >= 0.6 is 65.4 Å². The average molecular weight is 1130 g/mol. The van der Waals surface area contributed by atoms with Gasteiger partial charge in [0.1, 0.15) is 35.3 Å². The maximum absolute atomic E-state index is 12.8. The van der Waals surface area contributed by atoms with Gasteiger partial charge in [0, 0.05) is 19.9 Å². The van der Waals surface area contributed by atoms with Crippen LogP contribution in [0.4, 0.5) is 20.2 Å². The maximum atomic E-state index is 12.8. The Morgan fingerprint density at radius 2 is 1.76 bits per heavy atom. The summed E-state index contributed by atoms with van der Waals surface area (Å²) in [5, 5.41) is 11.9. The number of nitrogens with zero attached hydrogens (tertiary/aromatic N) is 5. The van der Waals surface area contributed by atoms with Gasteiger partial charge in [-0.15, -0.1) is 16.7 Å². The number of nitrogens with one attached hydrogen (secondary N) is 1. The zero-order chi connectivity index (χ0) is 53.6. The van der Waals surface area contributed by atoms with Crippen LogP contribution in [0.25, 0.3) is 5.69 Å². The smallest absolute Gasteiger partial charge is 0.355 e. The van der Waals surface area contributed by atoms with Crippen molar-refractivity contribution in [1.29, 1.82) is 0 Å². The third-order valence-electron chi connectivity index (χ3n) is 9.83. The molecular formula is C42H57Cl5F2N7O12PS. The Kier molecular flexibility index (Phi) is 24.3. The number of carboxylic acids is 1. The Morgan fingerprint density at radius 3 is 2.23 bits per heavy atom. The van der Waals surface area contributed by atoms with Crippen LogP contribution in [-0.4, -0.2) is 123 Å². The number of aryl methyl sites for hydroxylation is 3. The maximum Gasteiger partial charge on any atom is 0.355 e. The second kappa shape index (κ2) is 27.3. The van der Waals surface area contributed by atoms with Crippen molar-refractivity contribution in [3.63, 3.8) is 0 Å². The van der Waals surface area contributed by atoms with Crippen molar-refractivity contribution in [1.82, 2.24) is 19.2 Å². The van der Waals surface area contributed by atoms with E-state index in [9.17, 15) is 40.9 Å². The van der Waals surface area contributed by atoms with Crippen LogP contribution in [0, 0.1) is 13.8 Å². The number of benzene rings is 2. The van der Waals surface area contributed by atoms with E-state index < -0.39 is 52.2 Å². The number of anilines is 2. The van der Waals surface area contributed by atoms with E-state index in [1.54, 1.807) is 38.2 Å².